The van der Waals surface area contributed by atoms with Crippen molar-refractivity contribution in [1.29, 1.82) is 0 Å². The molecule has 0 amide bonds. The van der Waals surface area contributed by atoms with Crippen LogP contribution in [0.5, 0.6) is 0 Å². The van der Waals surface area contributed by atoms with Gasteiger partial charge in [0.2, 0.25) is 0 Å². The van der Waals surface area contributed by atoms with Gasteiger partial charge in [-0.25, -0.2) is 0 Å². The summed E-state index contributed by atoms with van der Waals surface area (Å²) in [5.41, 5.74) is 0. The summed E-state index contributed by atoms with van der Waals surface area (Å²) in [4.78, 5) is 0. The van der Waals surface area contributed by atoms with E-state index in [0.29, 0.717) is 0 Å². The second-order valence-electron chi connectivity index (χ2n) is 1.06. The zero-order valence-corrected chi connectivity index (χ0v) is 6.79. The summed E-state index contributed by atoms with van der Waals surface area (Å²) in [6, 6.07) is 0. The molecule has 0 saturated carbocycles. The fourth-order valence-electron chi connectivity index (χ4n) is 0.202. The van der Waals surface area contributed by atoms with E-state index >= 15 is 0 Å². The Morgan fingerprint density at radius 3 is 2.71 bits per heavy atom. The topological polar surface area (TPSA) is 0 Å². The maximum Gasteiger partial charge on any atom is 0.0232 e. The normalized spacial score (nSPS) is 7.14. The van der Waals surface area contributed by atoms with Crippen LogP contribution in [0.3, 0.4) is 0 Å². The minimum Gasteiger partial charge on any atom is -0.127 e. The Bertz CT molecular complexity index is 79.8. The molecule has 0 saturated heterocycles. The van der Waals surface area contributed by atoms with E-state index in [9.17, 15) is 0 Å². The van der Waals surface area contributed by atoms with Crippen LogP contribution < -0.4 is 0 Å². The van der Waals surface area contributed by atoms with Crippen LogP contribution in [0.15, 0.2) is 0 Å². The molecular weight excluding hydrogens is 222 g/mol. The Balaban J connectivity index is 2.78. The first-order valence-electron chi connectivity index (χ1n) is 2.06. The maximum absolute atomic E-state index is 5.37. The number of hydrogen-bond donors (Lipinski definition) is 0. The Morgan fingerprint density at radius 1 is 1.57 bits per heavy atom. The quantitative estimate of drug-likeness (QED) is 0.295. The summed E-state index contributed by atoms with van der Waals surface area (Å²) in [7, 11) is 0. The molecule has 7 heavy (non-hydrogen) atoms. The summed E-state index contributed by atoms with van der Waals surface area (Å²) in [5, 5.41) is 0. The molecule has 0 N–H and O–H groups in total. The van der Waals surface area contributed by atoms with Gasteiger partial charge in [0, 0.05) is 34.9 Å². The van der Waals surface area contributed by atoms with Crippen LogP contribution in [-0.2, 0) is 0 Å². The monoisotopic (exact) mass is 228 g/mol. The van der Waals surface area contributed by atoms with Crippen LogP contribution in [0.1, 0.15) is 12.8 Å². The third-order valence-electron chi connectivity index (χ3n) is 0.502. The number of hydrogen-bond acceptors (Lipinski definition) is 0. The Labute approximate surface area is 62.8 Å². The third-order valence-corrected chi connectivity index (χ3v) is 1.15. The van der Waals surface area contributed by atoms with Gasteiger partial charge in [0.1, 0.15) is 0 Å². The van der Waals surface area contributed by atoms with Gasteiger partial charge in [-0.2, -0.15) is 0 Å². The first-order chi connectivity index (χ1) is 3.41. The van der Waals surface area contributed by atoms with Crippen LogP contribution in [0.25, 0.3) is 0 Å². The molecule has 0 bridgehead atoms. The molecule has 0 unspecified atom stereocenters. The van der Waals surface area contributed by atoms with Gasteiger partial charge in [0.25, 0.3) is 0 Å². The number of halogens is 2. The van der Waals surface area contributed by atoms with Crippen molar-refractivity contribution in [3.63, 3.8) is 0 Å². The lowest BCUT2D eigenvalue weighted by molar-refractivity contribution is 0.992. The van der Waals surface area contributed by atoms with Crippen molar-refractivity contribution in [2.75, 3.05) is 5.88 Å². The van der Waals surface area contributed by atoms with Gasteiger partial charge in [-0.3, -0.25) is 0 Å². The number of rotatable bonds is 2. The molecule has 40 valence electrons. The van der Waals surface area contributed by atoms with Crippen LogP contribution in [0, 0.1) is 9.85 Å². The predicted octanol–water partition coefficient (Wildman–Crippen LogP) is 2.40. The fraction of sp³-hybridized carbons (Fsp3) is 0.600. The SMILES string of the molecule is ClCCCC#CI. The Kier molecular flexibility index (Phi) is 7.13. The van der Waals surface area contributed by atoms with Crippen molar-refractivity contribution < 1.29 is 0 Å². The summed E-state index contributed by atoms with van der Waals surface area (Å²) in [5.74, 6) is 3.63. The van der Waals surface area contributed by atoms with Crippen molar-refractivity contribution in [2.24, 2.45) is 0 Å². The van der Waals surface area contributed by atoms with Crippen LogP contribution >= 0.6 is 34.2 Å². The average molecular weight is 228 g/mol. The van der Waals surface area contributed by atoms with E-state index in [-0.39, 0.29) is 0 Å². The van der Waals surface area contributed by atoms with Gasteiger partial charge in [0.15, 0.2) is 0 Å². The van der Waals surface area contributed by atoms with Gasteiger partial charge in [-0.1, -0.05) is 5.92 Å². The summed E-state index contributed by atoms with van der Waals surface area (Å²) in [6.45, 7) is 0. The molecule has 0 fully saturated rings. The predicted molar refractivity (Wildman–Crippen MR) is 41.8 cm³/mol. The lowest BCUT2D eigenvalue weighted by Crippen LogP contribution is -1.68. The van der Waals surface area contributed by atoms with E-state index in [2.05, 4.69) is 9.85 Å². The fourth-order valence-corrected chi connectivity index (χ4v) is 0.606. The summed E-state index contributed by atoms with van der Waals surface area (Å²) < 4.78 is 2.76. The first kappa shape index (κ1) is 7.58. The molecule has 0 aliphatic rings. The van der Waals surface area contributed by atoms with E-state index in [1.54, 1.807) is 0 Å². The lowest BCUT2D eigenvalue weighted by atomic mass is 10.4. The standard InChI is InChI=1S/C5H6ClI/c6-4-2-1-3-5-7/h1-2,4H2. The minimum atomic E-state index is 0.728. The molecule has 0 radical (unpaired) electrons. The molecule has 0 atom stereocenters. The minimum absolute atomic E-state index is 0.728. The smallest absolute Gasteiger partial charge is 0.0232 e. The highest BCUT2D eigenvalue weighted by atomic mass is 127. The second kappa shape index (κ2) is 6.58. The van der Waals surface area contributed by atoms with Gasteiger partial charge in [-0.05, 0) is 10.3 Å². The molecule has 0 rings (SSSR count). The van der Waals surface area contributed by atoms with Crippen molar-refractivity contribution in [1.82, 2.24) is 0 Å². The molecule has 0 aromatic carbocycles. The molecule has 0 spiro atoms. The van der Waals surface area contributed by atoms with E-state index in [1.165, 1.54) is 0 Å². The molecule has 0 aliphatic heterocycles. The highest BCUT2D eigenvalue weighted by Crippen LogP contribution is 1.88. The van der Waals surface area contributed by atoms with Crippen LogP contribution in [0.4, 0.5) is 0 Å². The van der Waals surface area contributed by atoms with Gasteiger partial charge in [0.05, 0.1) is 0 Å². The van der Waals surface area contributed by atoms with E-state index in [4.69, 9.17) is 11.6 Å². The van der Waals surface area contributed by atoms with Crippen LogP contribution in [-0.4, -0.2) is 5.88 Å². The van der Waals surface area contributed by atoms with E-state index in [0.717, 1.165) is 18.7 Å². The van der Waals surface area contributed by atoms with Gasteiger partial charge in [-0.15, -0.1) is 11.6 Å². The van der Waals surface area contributed by atoms with Crippen LogP contribution in [0.2, 0.25) is 0 Å². The Hall–Kier alpha value is 0.580. The highest BCUT2D eigenvalue weighted by molar-refractivity contribution is 14.1. The molecule has 2 heteroatoms. The van der Waals surface area contributed by atoms with E-state index in [1.807, 2.05) is 22.6 Å². The molecule has 0 heterocycles. The summed E-state index contributed by atoms with van der Waals surface area (Å²) >= 11 is 7.39. The molecule has 0 aromatic heterocycles. The highest BCUT2D eigenvalue weighted by Gasteiger charge is 1.74. The van der Waals surface area contributed by atoms with Crippen molar-refractivity contribution in [2.45, 2.75) is 12.8 Å². The molecular formula is C5H6ClI. The zero-order chi connectivity index (χ0) is 5.54. The Morgan fingerprint density at radius 2 is 2.29 bits per heavy atom. The van der Waals surface area contributed by atoms with Gasteiger partial charge < -0.3 is 0 Å². The second-order valence-corrected chi connectivity index (χ2v) is 1.98. The lowest BCUT2D eigenvalue weighted by Gasteiger charge is -1.78. The van der Waals surface area contributed by atoms with Crippen molar-refractivity contribution in [3.8, 4) is 9.85 Å². The average Bonchev–Trinajstić information content (AvgIpc) is 1.69. The number of alkyl halides is 1. The third kappa shape index (κ3) is 6.58. The number of unbranched alkanes of at least 4 members (excludes halogenated alkanes) is 1. The first-order valence-corrected chi connectivity index (χ1v) is 3.67. The van der Waals surface area contributed by atoms with Crippen molar-refractivity contribution in [3.05, 3.63) is 0 Å². The summed E-state index contributed by atoms with van der Waals surface area (Å²) in [6.07, 6.45) is 1.95. The largest absolute Gasteiger partial charge is 0.127 e. The molecule has 0 nitrogen and oxygen atoms in total. The zero-order valence-electron chi connectivity index (χ0n) is 3.88. The van der Waals surface area contributed by atoms with Gasteiger partial charge >= 0.3 is 0 Å². The van der Waals surface area contributed by atoms with E-state index < -0.39 is 0 Å². The molecule has 0 aliphatic carbocycles. The maximum atomic E-state index is 5.37. The molecule has 0 aromatic rings. The van der Waals surface area contributed by atoms with Crippen molar-refractivity contribution >= 4 is 34.2 Å².